The summed E-state index contributed by atoms with van der Waals surface area (Å²) in [6.07, 6.45) is 3.68. The Balaban J connectivity index is 1.71. The number of nitrogens with one attached hydrogen (secondary N) is 1. The molecular formula is C17H21N3O3. The quantitative estimate of drug-likeness (QED) is 0.913. The lowest BCUT2D eigenvalue weighted by molar-refractivity contribution is -0.132. The van der Waals surface area contributed by atoms with E-state index in [1.54, 1.807) is 18.0 Å². The molecule has 2 aromatic rings. The highest BCUT2D eigenvalue weighted by Crippen LogP contribution is 2.29. The minimum atomic E-state index is -0.619. The molecule has 1 fully saturated rings. The number of carbonyl (C=O) groups is 1. The third-order valence-electron chi connectivity index (χ3n) is 4.05. The van der Waals surface area contributed by atoms with Crippen LogP contribution >= 0.6 is 0 Å². The van der Waals surface area contributed by atoms with Crippen LogP contribution in [0.4, 0.5) is 0 Å². The van der Waals surface area contributed by atoms with Gasteiger partial charge in [-0.05, 0) is 12.0 Å². The number of aromatic nitrogens is 2. The summed E-state index contributed by atoms with van der Waals surface area (Å²) >= 11 is 0. The van der Waals surface area contributed by atoms with E-state index in [1.807, 2.05) is 43.6 Å². The molecule has 6 heteroatoms. The number of hydrogen-bond acceptors (Lipinski definition) is 4. The number of hydrogen-bond donors (Lipinski definition) is 1. The van der Waals surface area contributed by atoms with Gasteiger partial charge in [0.25, 0.3) is 5.91 Å². The summed E-state index contributed by atoms with van der Waals surface area (Å²) in [6.45, 7) is 0.619. The molecule has 0 bridgehead atoms. The Morgan fingerprint density at radius 2 is 2.22 bits per heavy atom. The van der Waals surface area contributed by atoms with Crippen molar-refractivity contribution in [1.29, 1.82) is 0 Å². The first-order valence-electron chi connectivity index (χ1n) is 7.67. The van der Waals surface area contributed by atoms with Gasteiger partial charge in [-0.2, -0.15) is 5.10 Å². The topological polar surface area (TPSA) is 65.4 Å². The molecule has 0 saturated carbocycles. The number of methoxy groups -OCH3 is 1. The van der Waals surface area contributed by atoms with Crippen LogP contribution in [-0.2, 0) is 21.3 Å². The van der Waals surface area contributed by atoms with Crippen LogP contribution in [-0.4, -0.2) is 35.4 Å². The molecule has 1 saturated heterocycles. The summed E-state index contributed by atoms with van der Waals surface area (Å²) in [6, 6.07) is 9.40. The van der Waals surface area contributed by atoms with Crippen molar-refractivity contribution in [2.24, 2.45) is 7.05 Å². The fraction of sp³-hybridized carbons (Fsp3) is 0.412. The molecule has 23 heavy (non-hydrogen) atoms. The molecular weight excluding hydrogens is 294 g/mol. The highest BCUT2D eigenvalue weighted by Gasteiger charge is 2.33. The van der Waals surface area contributed by atoms with E-state index in [2.05, 4.69) is 10.4 Å². The van der Waals surface area contributed by atoms with Gasteiger partial charge in [0, 0.05) is 32.5 Å². The minimum Gasteiger partial charge on any atom is -0.371 e. The van der Waals surface area contributed by atoms with Crippen LogP contribution in [0.25, 0.3) is 0 Å². The van der Waals surface area contributed by atoms with E-state index in [0.29, 0.717) is 6.61 Å². The van der Waals surface area contributed by atoms with Crippen LogP contribution in [0.3, 0.4) is 0 Å². The van der Waals surface area contributed by atoms with E-state index in [-0.39, 0.29) is 18.1 Å². The second-order valence-corrected chi connectivity index (χ2v) is 5.67. The largest absolute Gasteiger partial charge is 0.371 e. The zero-order chi connectivity index (χ0) is 16.2. The van der Waals surface area contributed by atoms with Crippen molar-refractivity contribution < 1.29 is 14.3 Å². The van der Waals surface area contributed by atoms with Gasteiger partial charge < -0.3 is 14.8 Å². The zero-order valence-corrected chi connectivity index (χ0v) is 13.3. The van der Waals surface area contributed by atoms with E-state index < -0.39 is 6.10 Å². The van der Waals surface area contributed by atoms with Gasteiger partial charge in [-0.15, -0.1) is 0 Å². The van der Waals surface area contributed by atoms with Crippen molar-refractivity contribution >= 4 is 5.91 Å². The Kier molecular flexibility index (Phi) is 4.73. The Morgan fingerprint density at radius 3 is 2.87 bits per heavy atom. The van der Waals surface area contributed by atoms with Gasteiger partial charge in [0.2, 0.25) is 0 Å². The molecule has 3 rings (SSSR count). The second-order valence-electron chi connectivity index (χ2n) is 5.67. The second kappa shape index (κ2) is 6.93. The summed E-state index contributed by atoms with van der Waals surface area (Å²) < 4.78 is 12.9. The van der Waals surface area contributed by atoms with E-state index in [0.717, 1.165) is 17.5 Å². The number of benzene rings is 1. The molecule has 6 nitrogen and oxygen atoms in total. The number of rotatable bonds is 5. The number of ether oxygens (including phenoxy) is 2. The van der Waals surface area contributed by atoms with Crippen molar-refractivity contribution in [2.75, 3.05) is 13.7 Å². The van der Waals surface area contributed by atoms with Gasteiger partial charge in [0.1, 0.15) is 6.10 Å². The Morgan fingerprint density at radius 1 is 1.43 bits per heavy atom. The predicted octanol–water partition coefficient (Wildman–Crippen LogP) is 1.75. The van der Waals surface area contributed by atoms with Gasteiger partial charge in [0.15, 0.2) is 6.10 Å². The maximum atomic E-state index is 12.6. The van der Waals surface area contributed by atoms with Crippen LogP contribution in [0.15, 0.2) is 42.7 Å². The first-order valence-corrected chi connectivity index (χ1v) is 7.67. The number of aryl methyl sites for hydroxylation is 1. The van der Waals surface area contributed by atoms with Crippen molar-refractivity contribution in [3.63, 3.8) is 0 Å². The number of nitrogens with zero attached hydrogens (tertiary/aromatic N) is 2. The molecule has 122 valence electrons. The molecule has 1 N–H and O–H groups in total. The lowest BCUT2D eigenvalue weighted by Crippen LogP contribution is -2.40. The molecule has 1 aromatic carbocycles. The SMILES string of the molecule is CO[C@@H](C(=O)N[C@H]1CCO[C@@H]1c1cnn(C)c1)c1ccccc1. The summed E-state index contributed by atoms with van der Waals surface area (Å²) in [5.74, 6) is -0.150. The van der Waals surface area contributed by atoms with Crippen LogP contribution in [0.5, 0.6) is 0 Å². The molecule has 1 aliphatic heterocycles. The highest BCUT2D eigenvalue weighted by molar-refractivity contribution is 5.82. The summed E-state index contributed by atoms with van der Waals surface area (Å²) in [5, 5.41) is 7.23. The smallest absolute Gasteiger partial charge is 0.254 e. The fourth-order valence-corrected chi connectivity index (χ4v) is 2.93. The third-order valence-corrected chi connectivity index (χ3v) is 4.05. The Labute approximate surface area is 135 Å². The molecule has 0 spiro atoms. The highest BCUT2D eigenvalue weighted by atomic mass is 16.5. The van der Waals surface area contributed by atoms with Crippen molar-refractivity contribution in [3.05, 3.63) is 53.9 Å². The van der Waals surface area contributed by atoms with Gasteiger partial charge in [-0.3, -0.25) is 9.48 Å². The van der Waals surface area contributed by atoms with Gasteiger partial charge >= 0.3 is 0 Å². The van der Waals surface area contributed by atoms with Crippen molar-refractivity contribution in [3.8, 4) is 0 Å². The average molecular weight is 315 g/mol. The number of amides is 1. The first kappa shape index (κ1) is 15.7. The molecule has 1 aliphatic rings. The van der Waals surface area contributed by atoms with E-state index >= 15 is 0 Å². The van der Waals surface area contributed by atoms with Gasteiger partial charge in [0.05, 0.1) is 12.2 Å². The maximum Gasteiger partial charge on any atom is 0.254 e. The number of carbonyl (C=O) groups excluding carboxylic acids is 1. The molecule has 2 heterocycles. The third kappa shape index (κ3) is 3.43. The fourth-order valence-electron chi connectivity index (χ4n) is 2.93. The molecule has 3 atom stereocenters. The van der Waals surface area contributed by atoms with E-state index in [9.17, 15) is 4.79 Å². The maximum absolute atomic E-state index is 12.6. The lowest BCUT2D eigenvalue weighted by atomic mass is 10.0. The molecule has 1 aromatic heterocycles. The molecule has 0 aliphatic carbocycles. The summed E-state index contributed by atoms with van der Waals surface area (Å²) in [7, 11) is 3.41. The minimum absolute atomic E-state index is 0.0759. The summed E-state index contributed by atoms with van der Waals surface area (Å²) in [5.41, 5.74) is 1.81. The average Bonchev–Trinajstić information content (AvgIpc) is 3.18. The lowest BCUT2D eigenvalue weighted by Gasteiger charge is -2.22. The van der Waals surface area contributed by atoms with Gasteiger partial charge in [-0.25, -0.2) is 0 Å². The van der Waals surface area contributed by atoms with Crippen LogP contribution < -0.4 is 5.32 Å². The van der Waals surface area contributed by atoms with E-state index in [1.165, 1.54) is 0 Å². The van der Waals surface area contributed by atoms with E-state index in [4.69, 9.17) is 9.47 Å². The van der Waals surface area contributed by atoms with Crippen LogP contribution in [0, 0.1) is 0 Å². The van der Waals surface area contributed by atoms with Crippen LogP contribution in [0.2, 0.25) is 0 Å². The first-order chi connectivity index (χ1) is 11.2. The van der Waals surface area contributed by atoms with Crippen molar-refractivity contribution in [1.82, 2.24) is 15.1 Å². The Bertz CT molecular complexity index is 656. The molecule has 1 amide bonds. The molecule has 0 radical (unpaired) electrons. The zero-order valence-electron chi connectivity index (χ0n) is 13.3. The molecule has 0 unspecified atom stereocenters. The van der Waals surface area contributed by atoms with Crippen molar-refractivity contribution in [2.45, 2.75) is 24.7 Å². The standard InChI is InChI=1S/C17H21N3O3/c1-20-11-13(10-18-20)15-14(8-9-23-15)19-17(21)16(22-2)12-6-4-3-5-7-12/h3-7,10-11,14-16H,8-9H2,1-2H3,(H,19,21)/t14-,15+,16+/m0/s1. The monoisotopic (exact) mass is 315 g/mol. The Hall–Kier alpha value is -2.18. The normalized spacial score (nSPS) is 22.0. The van der Waals surface area contributed by atoms with Crippen LogP contribution in [0.1, 0.15) is 29.8 Å². The van der Waals surface area contributed by atoms with Gasteiger partial charge in [-0.1, -0.05) is 30.3 Å². The predicted molar refractivity (Wildman–Crippen MR) is 84.6 cm³/mol. The summed E-state index contributed by atoms with van der Waals surface area (Å²) in [4.78, 5) is 12.6.